The van der Waals surface area contributed by atoms with Crippen molar-refractivity contribution in [2.24, 2.45) is 0 Å². The molecule has 1 aromatic heterocycles. The lowest BCUT2D eigenvalue weighted by atomic mass is 10.0. The molecule has 4 aromatic rings. The average Bonchev–Trinajstić information content (AvgIpc) is 3.25. The Morgan fingerprint density at radius 1 is 1.06 bits per heavy atom. The van der Waals surface area contributed by atoms with Crippen molar-refractivity contribution in [2.75, 3.05) is 7.11 Å². The van der Waals surface area contributed by atoms with Crippen LogP contribution in [0.25, 0.3) is 16.6 Å². The van der Waals surface area contributed by atoms with Crippen molar-refractivity contribution in [1.29, 1.82) is 0 Å². The number of hydrogen-bond acceptors (Lipinski definition) is 4. The molecule has 35 heavy (non-hydrogen) atoms. The summed E-state index contributed by atoms with van der Waals surface area (Å²) in [6.07, 6.45) is 0.857. The second-order valence-corrected chi connectivity index (χ2v) is 8.22. The van der Waals surface area contributed by atoms with Gasteiger partial charge in [0.05, 0.1) is 30.6 Å². The Labute approximate surface area is 200 Å². The van der Waals surface area contributed by atoms with E-state index in [1.54, 1.807) is 72.4 Å². The molecule has 2 atom stereocenters. The molecule has 2 unspecified atom stereocenters. The number of rotatable bonds is 8. The van der Waals surface area contributed by atoms with Gasteiger partial charge in [-0.25, -0.2) is 9.07 Å². The zero-order valence-electron chi connectivity index (χ0n) is 19.3. The smallest absolute Gasteiger partial charge is 0.321 e. The zero-order chi connectivity index (χ0) is 25.2. The summed E-state index contributed by atoms with van der Waals surface area (Å²) < 4.78 is 53.5. The molecule has 182 valence electrons. The van der Waals surface area contributed by atoms with Crippen LogP contribution in [0.3, 0.4) is 0 Å². The van der Waals surface area contributed by atoms with Gasteiger partial charge in [0.25, 0.3) is 5.91 Å². The Morgan fingerprint density at radius 3 is 2.49 bits per heavy atom. The summed E-state index contributed by atoms with van der Waals surface area (Å²) in [4.78, 5) is 11.9. The number of halogens is 3. The lowest BCUT2D eigenvalue weighted by Crippen LogP contribution is -2.46. The normalized spacial score (nSPS) is 13.3. The molecule has 0 bridgehead atoms. The number of nitrogens with zero attached hydrogens (tertiary/aromatic N) is 2. The molecule has 0 aliphatic rings. The first-order valence-electron chi connectivity index (χ1n) is 10.9. The van der Waals surface area contributed by atoms with Gasteiger partial charge < -0.3 is 14.8 Å². The topological polar surface area (TPSA) is 65.4 Å². The summed E-state index contributed by atoms with van der Waals surface area (Å²) in [6, 6.07) is 17.4. The zero-order valence-corrected chi connectivity index (χ0v) is 19.3. The van der Waals surface area contributed by atoms with Crippen molar-refractivity contribution in [3.63, 3.8) is 0 Å². The summed E-state index contributed by atoms with van der Waals surface area (Å²) in [7, 11) is 1.52. The lowest BCUT2D eigenvalue weighted by molar-refractivity contribution is -0.144. The first-order chi connectivity index (χ1) is 16.7. The molecule has 1 N–H and O–H groups in total. The maximum Gasteiger partial charge on any atom is 0.321 e. The molecule has 1 heterocycles. The maximum atomic E-state index is 13.5. The predicted octanol–water partition coefficient (Wildman–Crippen LogP) is 5.45. The minimum absolute atomic E-state index is 0.341. The highest BCUT2D eigenvalue weighted by Gasteiger charge is 2.35. The highest BCUT2D eigenvalue weighted by molar-refractivity contribution is 5.83. The van der Waals surface area contributed by atoms with Crippen LogP contribution < -0.4 is 14.8 Å². The number of alkyl halides is 2. The van der Waals surface area contributed by atoms with Gasteiger partial charge in [-0.05, 0) is 67.1 Å². The number of benzene rings is 3. The molecule has 3 aromatic carbocycles. The van der Waals surface area contributed by atoms with Crippen LogP contribution in [0.1, 0.15) is 25.5 Å². The van der Waals surface area contributed by atoms with Gasteiger partial charge in [-0.2, -0.15) is 13.9 Å². The number of ether oxygens (including phenoxy) is 2. The Hall–Kier alpha value is -4.01. The first kappa shape index (κ1) is 24.1. The summed E-state index contributed by atoms with van der Waals surface area (Å²) in [5.74, 6) is -4.25. The van der Waals surface area contributed by atoms with Gasteiger partial charge in [0.1, 0.15) is 23.4 Å². The Bertz CT molecular complexity index is 1330. The molecule has 0 fully saturated rings. The summed E-state index contributed by atoms with van der Waals surface area (Å²) in [6.45, 7) is 2.14. The largest absolute Gasteiger partial charge is 0.497 e. The molecular weight excluding hydrogens is 459 g/mol. The average molecular weight is 483 g/mol. The van der Waals surface area contributed by atoms with Crippen molar-refractivity contribution < 1.29 is 27.4 Å². The van der Waals surface area contributed by atoms with E-state index in [0.717, 1.165) is 10.9 Å². The molecule has 0 saturated heterocycles. The number of fused-ring (bicyclic) bond motifs is 1. The molecule has 9 heteroatoms. The van der Waals surface area contributed by atoms with Crippen LogP contribution in [-0.4, -0.2) is 34.8 Å². The standard InChI is InChI=1S/C26H24F3N3O3/c1-16(31-25(33)26(2,28)29)24(17-5-4-6-21(13-17)34-3)35-22-11-12-23-18(14-22)15-30-32(23)20-9-7-19(27)8-10-20/h4-16,24H,1-3H3,(H,31,33). The van der Waals surface area contributed by atoms with Crippen LogP contribution in [0.5, 0.6) is 11.5 Å². The molecule has 1 amide bonds. The van der Waals surface area contributed by atoms with Crippen LogP contribution in [-0.2, 0) is 4.79 Å². The molecule has 0 radical (unpaired) electrons. The van der Waals surface area contributed by atoms with Crippen LogP contribution in [0, 0.1) is 5.82 Å². The van der Waals surface area contributed by atoms with Crippen LogP contribution in [0.2, 0.25) is 0 Å². The van der Waals surface area contributed by atoms with E-state index in [4.69, 9.17) is 9.47 Å². The van der Waals surface area contributed by atoms with Crippen molar-refractivity contribution in [1.82, 2.24) is 15.1 Å². The Kier molecular flexibility index (Phi) is 6.68. The third kappa shape index (κ3) is 5.40. The Morgan fingerprint density at radius 2 is 1.80 bits per heavy atom. The number of nitrogens with one attached hydrogen (secondary N) is 1. The molecule has 0 spiro atoms. The van der Waals surface area contributed by atoms with E-state index in [2.05, 4.69) is 10.4 Å². The van der Waals surface area contributed by atoms with Crippen LogP contribution >= 0.6 is 0 Å². The van der Waals surface area contributed by atoms with Gasteiger partial charge in [-0.3, -0.25) is 4.79 Å². The van der Waals surface area contributed by atoms with Crippen molar-refractivity contribution in [2.45, 2.75) is 31.9 Å². The fraction of sp³-hybridized carbons (Fsp3) is 0.231. The van der Waals surface area contributed by atoms with E-state index < -0.39 is 24.0 Å². The number of aromatic nitrogens is 2. The molecular formula is C26H24F3N3O3. The molecule has 0 aliphatic heterocycles. The quantitative estimate of drug-likeness (QED) is 0.362. The molecule has 6 nitrogen and oxygen atoms in total. The van der Waals surface area contributed by atoms with Gasteiger partial charge in [-0.1, -0.05) is 12.1 Å². The van der Waals surface area contributed by atoms with Crippen molar-refractivity contribution >= 4 is 16.8 Å². The van der Waals surface area contributed by atoms with Crippen LogP contribution in [0.15, 0.2) is 72.9 Å². The minimum Gasteiger partial charge on any atom is -0.497 e. The van der Waals surface area contributed by atoms with E-state index in [9.17, 15) is 18.0 Å². The number of hydrogen-bond donors (Lipinski definition) is 1. The number of methoxy groups -OCH3 is 1. The van der Waals surface area contributed by atoms with Crippen molar-refractivity contribution in [3.8, 4) is 17.2 Å². The monoisotopic (exact) mass is 483 g/mol. The fourth-order valence-corrected chi connectivity index (χ4v) is 3.71. The van der Waals surface area contributed by atoms with E-state index in [1.165, 1.54) is 19.2 Å². The van der Waals surface area contributed by atoms with Crippen LogP contribution in [0.4, 0.5) is 13.2 Å². The van der Waals surface area contributed by atoms with E-state index in [0.29, 0.717) is 29.7 Å². The molecule has 0 aliphatic carbocycles. The van der Waals surface area contributed by atoms with Gasteiger partial charge in [-0.15, -0.1) is 0 Å². The number of carbonyl (C=O) groups is 1. The number of carbonyl (C=O) groups excluding carboxylic acids is 1. The van der Waals surface area contributed by atoms with Gasteiger partial charge >= 0.3 is 5.92 Å². The molecule has 0 saturated carbocycles. The van der Waals surface area contributed by atoms with E-state index in [1.807, 2.05) is 0 Å². The third-order valence-corrected chi connectivity index (χ3v) is 5.51. The van der Waals surface area contributed by atoms with E-state index in [-0.39, 0.29) is 5.82 Å². The summed E-state index contributed by atoms with van der Waals surface area (Å²) >= 11 is 0. The number of amides is 1. The summed E-state index contributed by atoms with van der Waals surface area (Å²) in [5, 5.41) is 7.48. The SMILES string of the molecule is COc1cccc(C(Oc2ccc3c(cnn3-c3ccc(F)cc3)c2)C(C)NC(=O)C(C)(F)F)c1. The minimum atomic E-state index is -3.53. The predicted molar refractivity (Wildman–Crippen MR) is 126 cm³/mol. The fourth-order valence-electron chi connectivity index (χ4n) is 3.71. The van der Waals surface area contributed by atoms with E-state index >= 15 is 0 Å². The Balaban J connectivity index is 1.65. The summed E-state index contributed by atoms with van der Waals surface area (Å²) in [5.41, 5.74) is 2.11. The van der Waals surface area contributed by atoms with Gasteiger partial charge in [0.2, 0.25) is 0 Å². The van der Waals surface area contributed by atoms with Crippen molar-refractivity contribution in [3.05, 3.63) is 84.3 Å². The second-order valence-electron chi connectivity index (χ2n) is 8.22. The lowest BCUT2D eigenvalue weighted by Gasteiger charge is -2.27. The third-order valence-electron chi connectivity index (χ3n) is 5.51. The highest BCUT2D eigenvalue weighted by Crippen LogP contribution is 2.30. The second kappa shape index (κ2) is 9.69. The van der Waals surface area contributed by atoms with Gasteiger partial charge in [0.15, 0.2) is 0 Å². The maximum absolute atomic E-state index is 13.5. The molecule has 4 rings (SSSR count). The highest BCUT2D eigenvalue weighted by atomic mass is 19.3. The van der Waals surface area contributed by atoms with Gasteiger partial charge in [0, 0.05) is 12.3 Å². The first-order valence-corrected chi connectivity index (χ1v) is 10.9.